The summed E-state index contributed by atoms with van der Waals surface area (Å²) in [6.45, 7) is 2.60. The minimum absolute atomic E-state index is 0. The highest BCUT2D eigenvalue weighted by Crippen LogP contribution is 2.26. The third kappa shape index (κ3) is 4.85. The zero-order valence-corrected chi connectivity index (χ0v) is 12.9. The largest absolute Gasteiger partial charge is 0.502 e. The number of hydrogen-bond donors (Lipinski definition) is 3. The summed E-state index contributed by atoms with van der Waals surface area (Å²) in [5.41, 5.74) is -0.181. The van der Waals surface area contributed by atoms with Gasteiger partial charge in [-0.15, -0.1) is 12.4 Å². The van der Waals surface area contributed by atoms with Gasteiger partial charge in [0.25, 0.3) is 5.91 Å². The lowest BCUT2D eigenvalue weighted by Gasteiger charge is -2.22. The Balaban J connectivity index is 0.00000242. The molecule has 3 N–H and O–H groups in total. The summed E-state index contributed by atoms with van der Waals surface area (Å²) in [6.07, 6.45) is 3.23. The molecule has 0 saturated carbocycles. The van der Waals surface area contributed by atoms with Crippen LogP contribution in [0.5, 0.6) is 5.75 Å². The molecule has 1 saturated heterocycles. The topological polar surface area (TPSA) is 104 Å². The predicted octanol–water partition coefficient (Wildman–Crippen LogP) is 1.84. The number of nitrogens with zero attached hydrogens (tertiary/aromatic N) is 1. The number of rotatable bonds is 5. The normalized spacial score (nSPS) is 17.4. The SMILES string of the molecule is Cl.O=C(NCCC1CCCNC1)c1ccc([N+](=O)[O-])c(O)c1. The maximum absolute atomic E-state index is 11.9. The highest BCUT2D eigenvalue weighted by molar-refractivity contribution is 5.95. The quantitative estimate of drug-likeness (QED) is 0.565. The van der Waals surface area contributed by atoms with E-state index in [1.165, 1.54) is 12.5 Å². The summed E-state index contributed by atoms with van der Waals surface area (Å²) < 4.78 is 0. The van der Waals surface area contributed by atoms with Crippen LogP contribution in [-0.4, -0.2) is 35.6 Å². The van der Waals surface area contributed by atoms with Gasteiger partial charge in [0.15, 0.2) is 5.75 Å². The number of hydrogen-bond acceptors (Lipinski definition) is 5. The molecule has 1 heterocycles. The number of carbonyl (C=O) groups excluding carboxylic acids is 1. The molecule has 1 unspecified atom stereocenters. The Morgan fingerprint density at radius 1 is 1.50 bits per heavy atom. The van der Waals surface area contributed by atoms with Gasteiger partial charge in [0.05, 0.1) is 4.92 Å². The van der Waals surface area contributed by atoms with Crippen molar-refractivity contribution in [1.29, 1.82) is 0 Å². The van der Waals surface area contributed by atoms with E-state index in [1.807, 2.05) is 0 Å². The van der Waals surface area contributed by atoms with Crippen molar-refractivity contribution in [3.05, 3.63) is 33.9 Å². The second kappa shape index (κ2) is 8.55. The van der Waals surface area contributed by atoms with Crippen molar-refractivity contribution < 1.29 is 14.8 Å². The van der Waals surface area contributed by atoms with Crippen LogP contribution in [0.4, 0.5) is 5.69 Å². The van der Waals surface area contributed by atoms with E-state index in [2.05, 4.69) is 10.6 Å². The molecule has 1 aliphatic rings. The Hall–Kier alpha value is -1.86. The van der Waals surface area contributed by atoms with E-state index >= 15 is 0 Å². The number of nitro benzene ring substituents is 1. The fourth-order valence-electron chi connectivity index (χ4n) is 2.48. The smallest absolute Gasteiger partial charge is 0.310 e. The Morgan fingerprint density at radius 2 is 2.27 bits per heavy atom. The molecule has 1 aromatic rings. The first kappa shape index (κ1) is 18.2. The lowest BCUT2D eigenvalue weighted by molar-refractivity contribution is -0.385. The van der Waals surface area contributed by atoms with Crippen LogP contribution in [0.2, 0.25) is 0 Å². The molecule has 2 rings (SSSR count). The van der Waals surface area contributed by atoms with Crippen LogP contribution in [0.1, 0.15) is 29.6 Å². The minimum Gasteiger partial charge on any atom is -0.502 e. The fourth-order valence-corrected chi connectivity index (χ4v) is 2.48. The summed E-state index contributed by atoms with van der Waals surface area (Å²) >= 11 is 0. The van der Waals surface area contributed by atoms with Crippen molar-refractivity contribution in [1.82, 2.24) is 10.6 Å². The van der Waals surface area contributed by atoms with E-state index in [-0.39, 0.29) is 23.9 Å². The number of phenolic OH excluding ortho intramolecular Hbond substituents is 1. The van der Waals surface area contributed by atoms with Crippen LogP contribution in [0.25, 0.3) is 0 Å². The maximum Gasteiger partial charge on any atom is 0.310 e. The highest BCUT2D eigenvalue weighted by atomic mass is 35.5. The summed E-state index contributed by atoms with van der Waals surface area (Å²) in [4.78, 5) is 21.8. The molecule has 1 aliphatic heterocycles. The standard InChI is InChI=1S/C14H19N3O4.ClH/c18-13-8-11(3-4-12(13)17(20)21)14(19)16-7-5-10-2-1-6-15-9-10;/h3-4,8,10,15,18H,1-2,5-7,9H2,(H,16,19);1H. The third-order valence-electron chi connectivity index (χ3n) is 3.67. The summed E-state index contributed by atoms with van der Waals surface area (Å²) in [7, 11) is 0. The van der Waals surface area contributed by atoms with Gasteiger partial charge in [-0.05, 0) is 50.4 Å². The van der Waals surface area contributed by atoms with Crippen molar-refractivity contribution >= 4 is 24.0 Å². The molecule has 1 fully saturated rings. The van der Waals surface area contributed by atoms with Gasteiger partial charge in [-0.2, -0.15) is 0 Å². The van der Waals surface area contributed by atoms with Crippen LogP contribution in [0, 0.1) is 16.0 Å². The molecule has 22 heavy (non-hydrogen) atoms. The zero-order chi connectivity index (χ0) is 15.2. The van der Waals surface area contributed by atoms with E-state index in [0.717, 1.165) is 38.1 Å². The Kier molecular flexibility index (Phi) is 7.07. The van der Waals surface area contributed by atoms with Crippen LogP contribution in [0.3, 0.4) is 0 Å². The molecular weight excluding hydrogens is 310 g/mol. The van der Waals surface area contributed by atoms with Crippen LogP contribution >= 0.6 is 12.4 Å². The van der Waals surface area contributed by atoms with Crippen LogP contribution < -0.4 is 10.6 Å². The molecule has 122 valence electrons. The molecule has 0 aliphatic carbocycles. The van der Waals surface area contributed by atoms with Gasteiger partial charge < -0.3 is 15.7 Å². The van der Waals surface area contributed by atoms with Crippen molar-refractivity contribution in [2.45, 2.75) is 19.3 Å². The van der Waals surface area contributed by atoms with Gasteiger partial charge in [0.2, 0.25) is 0 Å². The average Bonchev–Trinajstić information content (AvgIpc) is 2.47. The summed E-state index contributed by atoms with van der Waals surface area (Å²) in [6, 6.07) is 3.60. The fraction of sp³-hybridized carbons (Fsp3) is 0.500. The van der Waals surface area contributed by atoms with Gasteiger partial charge in [-0.25, -0.2) is 0 Å². The number of halogens is 1. The second-order valence-electron chi connectivity index (χ2n) is 5.22. The molecule has 8 heteroatoms. The molecule has 0 aromatic heterocycles. The number of phenols is 1. The van der Waals surface area contributed by atoms with Gasteiger partial charge in [0, 0.05) is 18.2 Å². The molecule has 1 atom stereocenters. The molecule has 0 spiro atoms. The van der Waals surface area contributed by atoms with Crippen molar-refractivity contribution in [2.75, 3.05) is 19.6 Å². The highest BCUT2D eigenvalue weighted by Gasteiger charge is 2.17. The van der Waals surface area contributed by atoms with Gasteiger partial charge in [-0.3, -0.25) is 14.9 Å². The van der Waals surface area contributed by atoms with Gasteiger partial charge in [-0.1, -0.05) is 0 Å². The van der Waals surface area contributed by atoms with Crippen LogP contribution in [-0.2, 0) is 0 Å². The number of nitrogens with one attached hydrogen (secondary N) is 2. The lowest BCUT2D eigenvalue weighted by Crippen LogP contribution is -2.33. The molecular formula is C14H20ClN3O4. The number of nitro groups is 1. The lowest BCUT2D eigenvalue weighted by atomic mass is 9.96. The molecule has 0 bridgehead atoms. The van der Waals surface area contributed by atoms with Gasteiger partial charge >= 0.3 is 5.69 Å². The van der Waals surface area contributed by atoms with E-state index in [1.54, 1.807) is 0 Å². The predicted molar refractivity (Wildman–Crippen MR) is 84.6 cm³/mol. The number of benzene rings is 1. The summed E-state index contributed by atoms with van der Waals surface area (Å²) in [5.74, 6) is -0.252. The average molecular weight is 330 g/mol. The molecule has 0 radical (unpaired) electrons. The van der Waals surface area contributed by atoms with Crippen molar-refractivity contribution in [3.8, 4) is 5.75 Å². The monoisotopic (exact) mass is 329 g/mol. The zero-order valence-electron chi connectivity index (χ0n) is 12.1. The number of piperidine rings is 1. The van der Waals surface area contributed by atoms with E-state index in [9.17, 15) is 20.0 Å². The second-order valence-corrected chi connectivity index (χ2v) is 5.22. The van der Waals surface area contributed by atoms with Crippen molar-refractivity contribution in [3.63, 3.8) is 0 Å². The van der Waals surface area contributed by atoms with Crippen molar-refractivity contribution in [2.24, 2.45) is 5.92 Å². The van der Waals surface area contributed by atoms with Crippen LogP contribution in [0.15, 0.2) is 18.2 Å². The Labute approximate surface area is 134 Å². The third-order valence-corrected chi connectivity index (χ3v) is 3.67. The molecule has 7 nitrogen and oxygen atoms in total. The van der Waals surface area contributed by atoms with E-state index < -0.39 is 16.4 Å². The minimum atomic E-state index is -0.687. The van der Waals surface area contributed by atoms with E-state index in [0.29, 0.717) is 12.5 Å². The van der Waals surface area contributed by atoms with Gasteiger partial charge in [0.1, 0.15) is 0 Å². The summed E-state index contributed by atoms with van der Waals surface area (Å²) in [5, 5.41) is 26.2. The first-order valence-corrected chi connectivity index (χ1v) is 7.04. The molecule has 1 amide bonds. The number of amides is 1. The maximum atomic E-state index is 11.9. The van der Waals surface area contributed by atoms with E-state index in [4.69, 9.17) is 0 Å². The first-order chi connectivity index (χ1) is 10.1. The number of carbonyl (C=O) groups is 1. The Morgan fingerprint density at radius 3 is 2.86 bits per heavy atom. The number of aromatic hydroxyl groups is 1. The Bertz CT molecular complexity index is 533. The molecule has 1 aromatic carbocycles. The first-order valence-electron chi connectivity index (χ1n) is 7.04.